The van der Waals surface area contributed by atoms with Gasteiger partial charge in [-0.3, -0.25) is 10.1 Å². The predicted molar refractivity (Wildman–Crippen MR) is 71.6 cm³/mol. The molecule has 1 aliphatic heterocycles. The lowest BCUT2D eigenvalue weighted by Crippen LogP contribution is -2.32. The monoisotopic (exact) mass is 270 g/mol. The van der Waals surface area contributed by atoms with Crippen molar-refractivity contribution in [2.45, 2.75) is 31.1 Å². The van der Waals surface area contributed by atoms with Crippen LogP contribution >= 0.6 is 11.8 Å². The van der Waals surface area contributed by atoms with Crippen molar-refractivity contribution in [3.8, 4) is 0 Å². The van der Waals surface area contributed by atoms with E-state index in [2.05, 4.69) is 12.2 Å². The van der Waals surface area contributed by atoms with Crippen LogP contribution in [0.2, 0.25) is 0 Å². The maximum Gasteiger partial charge on any atom is 0.306 e. The summed E-state index contributed by atoms with van der Waals surface area (Å²) in [5.74, 6) is 0.361. The van der Waals surface area contributed by atoms with E-state index in [1.54, 1.807) is 6.07 Å². The van der Waals surface area contributed by atoms with Gasteiger partial charge >= 0.3 is 5.69 Å². The number of nitrogens with one attached hydrogen (secondary N) is 1. The number of nitrogens with zero attached hydrogens (tertiary/aromatic N) is 1. The smallest absolute Gasteiger partial charge is 0.306 e. The molecule has 6 heteroatoms. The molecule has 18 heavy (non-hydrogen) atoms. The van der Waals surface area contributed by atoms with Gasteiger partial charge in [0.1, 0.15) is 0 Å². The molecule has 1 N–H and O–H groups in total. The number of hydrogen-bond donors (Lipinski definition) is 1. The van der Waals surface area contributed by atoms with Crippen LogP contribution in [0, 0.1) is 15.9 Å². The molecule has 0 amide bonds. The fourth-order valence-electron chi connectivity index (χ4n) is 2.07. The van der Waals surface area contributed by atoms with Gasteiger partial charge in [-0.2, -0.15) is 16.2 Å². The standard InChI is InChI=1S/C12H15FN2O2S/c1-8-11(3-2-6-18-8)14-9-4-5-10(13)12(7-9)15(16)17/h4-5,7-8,11,14H,2-3,6H2,1H3. The van der Waals surface area contributed by atoms with Gasteiger partial charge in [0.15, 0.2) is 0 Å². The number of thioether (sulfide) groups is 1. The third-order valence-electron chi connectivity index (χ3n) is 3.10. The second-order valence-electron chi connectivity index (χ2n) is 4.39. The Morgan fingerprint density at radius 2 is 2.33 bits per heavy atom. The lowest BCUT2D eigenvalue weighted by Gasteiger charge is -2.29. The van der Waals surface area contributed by atoms with E-state index in [1.807, 2.05) is 11.8 Å². The van der Waals surface area contributed by atoms with Crippen LogP contribution < -0.4 is 5.32 Å². The third kappa shape index (κ3) is 2.93. The van der Waals surface area contributed by atoms with E-state index in [9.17, 15) is 14.5 Å². The van der Waals surface area contributed by atoms with Gasteiger partial charge in [-0.15, -0.1) is 0 Å². The summed E-state index contributed by atoms with van der Waals surface area (Å²) in [7, 11) is 0. The van der Waals surface area contributed by atoms with Gasteiger partial charge < -0.3 is 5.32 Å². The highest BCUT2D eigenvalue weighted by molar-refractivity contribution is 8.00. The van der Waals surface area contributed by atoms with Crippen molar-refractivity contribution in [3.05, 3.63) is 34.1 Å². The lowest BCUT2D eigenvalue weighted by atomic mass is 10.1. The molecular weight excluding hydrogens is 255 g/mol. The van der Waals surface area contributed by atoms with Gasteiger partial charge in [-0.25, -0.2) is 0 Å². The largest absolute Gasteiger partial charge is 0.381 e. The van der Waals surface area contributed by atoms with Gasteiger partial charge in [-0.05, 0) is 30.7 Å². The van der Waals surface area contributed by atoms with Crippen molar-refractivity contribution in [1.82, 2.24) is 0 Å². The van der Waals surface area contributed by atoms with E-state index in [0.29, 0.717) is 10.9 Å². The summed E-state index contributed by atoms with van der Waals surface area (Å²) in [5.41, 5.74) is 0.138. The topological polar surface area (TPSA) is 55.2 Å². The van der Waals surface area contributed by atoms with E-state index < -0.39 is 16.4 Å². The van der Waals surface area contributed by atoms with Crippen molar-refractivity contribution in [2.75, 3.05) is 11.1 Å². The number of benzene rings is 1. The first kappa shape index (κ1) is 13.1. The summed E-state index contributed by atoms with van der Waals surface area (Å²) in [6, 6.07) is 4.24. The Hall–Kier alpha value is -1.30. The van der Waals surface area contributed by atoms with Crippen molar-refractivity contribution in [1.29, 1.82) is 0 Å². The number of nitro groups is 1. The van der Waals surface area contributed by atoms with Crippen molar-refractivity contribution < 1.29 is 9.31 Å². The maximum atomic E-state index is 13.2. The Bertz CT molecular complexity index is 456. The average molecular weight is 270 g/mol. The summed E-state index contributed by atoms with van der Waals surface area (Å²) in [6.07, 6.45) is 2.18. The Morgan fingerprint density at radius 1 is 1.56 bits per heavy atom. The third-order valence-corrected chi connectivity index (χ3v) is 4.48. The number of rotatable bonds is 3. The molecule has 4 nitrogen and oxygen atoms in total. The zero-order chi connectivity index (χ0) is 13.1. The molecule has 0 radical (unpaired) electrons. The predicted octanol–water partition coefficient (Wildman–Crippen LogP) is 3.43. The number of halogens is 1. The van der Waals surface area contributed by atoms with Gasteiger partial charge in [0, 0.05) is 23.0 Å². The Balaban J connectivity index is 2.14. The fraction of sp³-hybridized carbons (Fsp3) is 0.500. The summed E-state index contributed by atoms with van der Waals surface area (Å²) in [4.78, 5) is 9.97. The second-order valence-corrected chi connectivity index (χ2v) is 5.88. The average Bonchev–Trinajstić information content (AvgIpc) is 2.34. The summed E-state index contributed by atoms with van der Waals surface area (Å²) in [5, 5.41) is 14.4. The maximum absolute atomic E-state index is 13.2. The molecule has 2 rings (SSSR count). The highest BCUT2D eigenvalue weighted by atomic mass is 32.2. The molecule has 0 saturated carbocycles. The minimum Gasteiger partial charge on any atom is -0.381 e. The zero-order valence-corrected chi connectivity index (χ0v) is 10.9. The van der Waals surface area contributed by atoms with E-state index in [0.717, 1.165) is 24.7 Å². The lowest BCUT2D eigenvalue weighted by molar-refractivity contribution is -0.387. The van der Waals surface area contributed by atoms with Crippen LogP contribution in [0.3, 0.4) is 0 Å². The van der Waals surface area contributed by atoms with Crippen molar-refractivity contribution in [3.63, 3.8) is 0 Å². The molecule has 98 valence electrons. The van der Waals surface area contributed by atoms with Crippen molar-refractivity contribution in [2.24, 2.45) is 0 Å². The molecule has 1 aliphatic rings. The van der Waals surface area contributed by atoms with E-state index in [-0.39, 0.29) is 6.04 Å². The van der Waals surface area contributed by atoms with Crippen LogP contribution in [0.5, 0.6) is 0 Å². The first-order valence-corrected chi connectivity index (χ1v) is 6.95. The molecule has 1 saturated heterocycles. The molecule has 1 heterocycles. The van der Waals surface area contributed by atoms with Crippen LogP contribution in [-0.4, -0.2) is 22.0 Å². The van der Waals surface area contributed by atoms with Gasteiger partial charge in [0.2, 0.25) is 5.82 Å². The number of nitro benzene ring substituents is 1. The zero-order valence-electron chi connectivity index (χ0n) is 10.1. The first-order valence-electron chi connectivity index (χ1n) is 5.90. The molecule has 2 atom stereocenters. The quantitative estimate of drug-likeness (QED) is 0.675. The Labute approximate surface area is 109 Å². The Morgan fingerprint density at radius 3 is 3.00 bits per heavy atom. The molecule has 1 aromatic rings. The van der Waals surface area contributed by atoms with Crippen molar-refractivity contribution >= 4 is 23.1 Å². The highest BCUT2D eigenvalue weighted by Gasteiger charge is 2.22. The first-order chi connectivity index (χ1) is 8.58. The highest BCUT2D eigenvalue weighted by Crippen LogP contribution is 2.29. The molecule has 1 fully saturated rings. The fourth-order valence-corrected chi connectivity index (χ4v) is 3.21. The van der Waals surface area contributed by atoms with E-state index >= 15 is 0 Å². The summed E-state index contributed by atoms with van der Waals surface area (Å²) < 4.78 is 13.2. The SMILES string of the molecule is CC1SCCCC1Nc1ccc(F)c([N+](=O)[O-])c1. The number of anilines is 1. The van der Waals surface area contributed by atoms with Crippen LogP contribution in [0.4, 0.5) is 15.8 Å². The number of hydrogen-bond acceptors (Lipinski definition) is 4. The minimum atomic E-state index is -0.795. The van der Waals surface area contributed by atoms with Gasteiger partial charge in [0.25, 0.3) is 0 Å². The minimum absolute atomic E-state index is 0.286. The molecular formula is C12H15FN2O2S. The van der Waals surface area contributed by atoms with Crippen LogP contribution in [0.1, 0.15) is 19.8 Å². The Kier molecular flexibility index (Phi) is 4.06. The molecule has 0 spiro atoms. The van der Waals surface area contributed by atoms with Crippen LogP contribution in [0.25, 0.3) is 0 Å². The van der Waals surface area contributed by atoms with Crippen LogP contribution in [0.15, 0.2) is 18.2 Å². The van der Waals surface area contributed by atoms with Crippen LogP contribution in [-0.2, 0) is 0 Å². The summed E-state index contributed by atoms with van der Waals surface area (Å²) in [6.45, 7) is 2.14. The van der Waals surface area contributed by atoms with E-state index in [4.69, 9.17) is 0 Å². The van der Waals surface area contributed by atoms with Gasteiger partial charge in [0.05, 0.1) is 4.92 Å². The van der Waals surface area contributed by atoms with E-state index in [1.165, 1.54) is 6.07 Å². The normalized spacial score (nSPS) is 23.7. The molecule has 1 aromatic carbocycles. The molecule has 2 unspecified atom stereocenters. The summed E-state index contributed by atoms with van der Waals surface area (Å²) >= 11 is 1.89. The molecule has 0 aromatic heterocycles. The van der Waals surface area contributed by atoms with Gasteiger partial charge in [-0.1, -0.05) is 6.92 Å². The molecule has 0 aliphatic carbocycles. The molecule has 0 bridgehead atoms. The second kappa shape index (κ2) is 5.56.